The first-order valence-corrected chi connectivity index (χ1v) is 5.65. The van der Waals surface area contributed by atoms with Crippen LogP contribution in [0.3, 0.4) is 0 Å². The van der Waals surface area contributed by atoms with E-state index >= 15 is 0 Å². The third-order valence-corrected chi connectivity index (χ3v) is 2.88. The van der Waals surface area contributed by atoms with Crippen molar-refractivity contribution in [1.82, 2.24) is 9.88 Å². The zero-order valence-corrected chi connectivity index (χ0v) is 10.0. The van der Waals surface area contributed by atoms with Crippen LogP contribution in [0.5, 0.6) is 0 Å². The zero-order chi connectivity index (χ0) is 13.1. The Morgan fingerprint density at radius 1 is 1.72 bits per heavy atom. The number of nitrogen functional groups attached to an aromatic ring is 1. The van der Waals surface area contributed by atoms with Gasteiger partial charge in [0.05, 0.1) is 24.8 Å². The van der Waals surface area contributed by atoms with Gasteiger partial charge in [-0.2, -0.15) is 0 Å². The second kappa shape index (κ2) is 5.28. The van der Waals surface area contributed by atoms with E-state index in [0.29, 0.717) is 19.8 Å². The van der Waals surface area contributed by atoms with Crippen LogP contribution < -0.4 is 11.3 Å². The molecule has 1 saturated heterocycles. The molecule has 0 radical (unpaired) electrons. The maximum absolute atomic E-state index is 13.9. The highest BCUT2D eigenvalue weighted by Crippen LogP contribution is 2.18. The summed E-state index contributed by atoms with van der Waals surface area (Å²) in [5, 5.41) is 0. The normalized spacial score (nSPS) is 19.7. The lowest BCUT2D eigenvalue weighted by molar-refractivity contribution is 0.00335. The van der Waals surface area contributed by atoms with Gasteiger partial charge < -0.3 is 15.1 Å². The number of rotatable bonds is 2. The Balaban J connectivity index is 2.28. The highest BCUT2D eigenvalue weighted by molar-refractivity contribution is 5.95. The number of nitrogens with zero attached hydrogens (tertiary/aromatic N) is 2. The number of carbonyl (C=O) groups excluding carboxylic acids is 1. The van der Waals surface area contributed by atoms with Gasteiger partial charge in [0.25, 0.3) is 5.91 Å². The predicted octanol–water partition coefficient (Wildman–Crippen LogP) is 0.367. The monoisotopic (exact) mass is 254 g/mol. The quantitative estimate of drug-likeness (QED) is 0.588. The van der Waals surface area contributed by atoms with E-state index in [9.17, 15) is 9.18 Å². The van der Waals surface area contributed by atoms with E-state index in [4.69, 9.17) is 10.6 Å². The van der Waals surface area contributed by atoms with Crippen molar-refractivity contribution in [3.63, 3.8) is 0 Å². The molecule has 2 heterocycles. The van der Waals surface area contributed by atoms with Crippen LogP contribution in [0.4, 0.5) is 10.2 Å². The number of hydrogen-bond acceptors (Lipinski definition) is 5. The molecule has 1 aromatic heterocycles. The number of hydrazine groups is 1. The fraction of sp³-hybridized carbons (Fsp3) is 0.455. The lowest BCUT2D eigenvalue weighted by Crippen LogP contribution is -2.47. The molecule has 7 heteroatoms. The van der Waals surface area contributed by atoms with E-state index in [2.05, 4.69) is 10.4 Å². The van der Waals surface area contributed by atoms with Crippen molar-refractivity contribution in [2.45, 2.75) is 13.0 Å². The topological polar surface area (TPSA) is 80.5 Å². The average Bonchev–Trinajstić information content (AvgIpc) is 2.39. The fourth-order valence-corrected chi connectivity index (χ4v) is 1.89. The third-order valence-electron chi connectivity index (χ3n) is 2.88. The van der Waals surface area contributed by atoms with E-state index in [1.165, 1.54) is 12.3 Å². The number of ether oxygens (including phenoxy) is 1. The number of nitrogens with one attached hydrogen (secondary N) is 1. The number of anilines is 1. The van der Waals surface area contributed by atoms with Crippen LogP contribution in [0.15, 0.2) is 12.3 Å². The molecule has 2 rings (SSSR count). The number of morpholine rings is 1. The highest BCUT2D eigenvalue weighted by Gasteiger charge is 2.27. The molecule has 0 bridgehead atoms. The number of halogens is 1. The number of amides is 1. The number of carbonyl (C=O) groups is 1. The minimum Gasteiger partial charge on any atom is -0.377 e. The summed E-state index contributed by atoms with van der Waals surface area (Å²) < 4.78 is 19.2. The Kier molecular flexibility index (Phi) is 3.73. The first-order chi connectivity index (χ1) is 8.65. The van der Waals surface area contributed by atoms with Gasteiger partial charge in [-0.25, -0.2) is 15.2 Å². The van der Waals surface area contributed by atoms with Gasteiger partial charge in [0.15, 0.2) is 11.6 Å². The largest absolute Gasteiger partial charge is 0.377 e. The molecular formula is C11H15FN4O2. The molecule has 98 valence electrons. The molecule has 1 amide bonds. The second-order valence-corrected chi connectivity index (χ2v) is 4.09. The van der Waals surface area contributed by atoms with Crippen molar-refractivity contribution in [2.75, 3.05) is 25.2 Å². The van der Waals surface area contributed by atoms with Crippen molar-refractivity contribution < 1.29 is 13.9 Å². The molecule has 1 aromatic rings. The van der Waals surface area contributed by atoms with Crippen LogP contribution in [0, 0.1) is 5.82 Å². The first-order valence-electron chi connectivity index (χ1n) is 5.65. The third kappa shape index (κ3) is 2.27. The van der Waals surface area contributed by atoms with Crippen molar-refractivity contribution in [3.05, 3.63) is 23.6 Å². The zero-order valence-electron chi connectivity index (χ0n) is 10.0. The van der Waals surface area contributed by atoms with Crippen molar-refractivity contribution in [2.24, 2.45) is 5.84 Å². The van der Waals surface area contributed by atoms with Gasteiger partial charge in [0, 0.05) is 12.7 Å². The molecule has 0 aliphatic carbocycles. The van der Waals surface area contributed by atoms with Gasteiger partial charge in [-0.05, 0) is 13.0 Å². The summed E-state index contributed by atoms with van der Waals surface area (Å²) in [6, 6.07) is 1.27. The molecular weight excluding hydrogens is 239 g/mol. The molecule has 3 N–H and O–H groups in total. The standard InChI is InChI=1S/C11H15FN4O2/c1-7-6-18-5-4-16(7)11(17)8-2-3-14-10(15-13)9(8)12/h2-3,7H,4-6,13H2,1H3,(H,14,15). The predicted molar refractivity (Wildman–Crippen MR) is 63.3 cm³/mol. The van der Waals surface area contributed by atoms with Crippen LogP contribution >= 0.6 is 0 Å². The van der Waals surface area contributed by atoms with Gasteiger partial charge in [0.2, 0.25) is 0 Å². The summed E-state index contributed by atoms with van der Waals surface area (Å²) in [5.41, 5.74) is 2.09. The molecule has 1 atom stereocenters. The average molecular weight is 254 g/mol. The number of pyridine rings is 1. The lowest BCUT2D eigenvalue weighted by Gasteiger charge is -2.33. The lowest BCUT2D eigenvalue weighted by atomic mass is 10.1. The maximum atomic E-state index is 13.9. The summed E-state index contributed by atoms with van der Waals surface area (Å²) >= 11 is 0. The summed E-state index contributed by atoms with van der Waals surface area (Å²) in [7, 11) is 0. The maximum Gasteiger partial charge on any atom is 0.257 e. The van der Waals surface area contributed by atoms with E-state index in [1.807, 2.05) is 6.92 Å². The second-order valence-electron chi connectivity index (χ2n) is 4.09. The van der Waals surface area contributed by atoms with Crippen LogP contribution in [0.25, 0.3) is 0 Å². The number of aromatic nitrogens is 1. The molecule has 1 fully saturated rings. The van der Waals surface area contributed by atoms with Crippen LogP contribution in [0.2, 0.25) is 0 Å². The van der Waals surface area contributed by atoms with Crippen LogP contribution in [-0.2, 0) is 4.74 Å². The number of nitrogens with two attached hydrogens (primary N) is 1. The molecule has 0 aromatic carbocycles. The summed E-state index contributed by atoms with van der Waals surface area (Å²) in [5.74, 6) is 3.89. The molecule has 1 unspecified atom stereocenters. The summed E-state index contributed by atoms with van der Waals surface area (Å²) in [6.07, 6.45) is 1.34. The fourth-order valence-electron chi connectivity index (χ4n) is 1.89. The first kappa shape index (κ1) is 12.7. The summed E-state index contributed by atoms with van der Waals surface area (Å²) in [6.45, 7) is 3.23. The molecule has 6 nitrogen and oxygen atoms in total. The van der Waals surface area contributed by atoms with E-state index in [-0.39, 0.29) is 23.3 Å². The van der Waals surface area contributed by atoms with Gasteiger partial charge in [-0.1, -0.05) is 0 Å². The Morgan fingerprint density at radius 2 is 2.50 bits per heavy atom. The minimum atomic E-state index is -0.733. The molecule has 18 heavy (non-hydrogen) atoms. The van der Waals surface area contributed by atoms with Gasteiger partial charge in [-0.15, -0.1) is 0 Å². The Bertz CT molecular complexity index is 455. The molecule has 1 aliphatic rings. The van der Waals surface area contributed by atoms with Gasteiger partial charge in [-0.3, -0.25) is 4.79 Å². The van der Waals surface area contributed by atoms with Gasteiger partial charge in [0.1, 0.15) is 0 Å². The van der Waals surface area contributed by atoms with Crippen LogP contribution in [0.1, 0.15) is 17.3 Å². The number of hydrogen-bond donors (Lipinski definition) is 2. The molecule has 0 spiro atoms. The minimum absolute atomic E-state index is 0.0355. The van der Waals surface area contributed by atoms with Crippen molar-refractivity contribution in [1.29, 1.82) is 0 Å². The van der Waals surface area contributed by atoms with Crippen molar-refractivity contribution in [3.8, 4) is 0 Å². The summed E-state index contributed by atoms with van der Waals surface area (Å²) in [4.78, 5) is 17.5. The Morgan fingerprint density at radius 3 is 3.17 bits per heavy atom. The van der Waals surface area contributed by atoms with E-state index < -0.39 is 5.82 Å². The van der Waals surface area contributed by atoms with Crippen LogP contribution in [-0.4, -0.2) is 41.6 Å². The molecule has 1 aliphatic heterocycles. The smallest absolute Gasteiger partial charge is 0.257 e. The van der Waals surface area contributed by atoms with E-state index in [1.54, 1.807) is 4.90 Å². The molecule has 0 saturated carbocycles. The highest BCUT2D eigenvalue weighted by atomic mass is 19.1. The van der Waals surface area contributed by atoms with Gasteiger partial charge >= 0.3 is 0 Å². The Hall–Kier alpha value is -1.73. The SMILES string of the molecule is CC1COCCN1C(=O)c1ccnc(NN)c1F. The van der Waals surface area contributed by atoms with E-state index in [0.717, 1.165) is 0 Å². The van der Waals surface area contributed by atoms with Crippen molar-refractivity contribution >= 4 is 11.7 Å². The Labute approximate surface area is 104 Å².